The fourth-order valence-corrected chi connectivity index (χ4v) is 2.91. The maximum absolute atomic E-state index is 13.1. The summed E-state index contributed by atoms with van der Waals surface area (Å²) >= 11 is 5.98. The molecule has 8 nitrogen and oxygen atoms in total. The summed E-state index contributed by atoms with van der Waals surface area (Å²) in [7, 11) is 0. The van der Waals surface area contributed by atoms with Crippen molar-refractivity contribution in [3.8, 4) is 17.3 Å². The fraction of sp³-hybridized carbons (Fsp3) is 0.150. The van der Waals surface area contributed by atoms with Crippen LogP contribution in [0, 0.1) is 5.82 Å². The van der Waals surface area contributed by atoms with Crippen molar-refractivity contribution in [2.24, 2.45) is 0 Å². The number of carbonyl (C=O) groups is 1. The number of imidazole rings is 1. The van der Waals surface area contributed by atoms with Crippen molar-refractivity contribution in [3.63, 3.8) is 0 Å². The Morgan fingerprint density at radius 2 is 2.13 bits per heavy atom. The molecule has 0 unspecified atom stereocenters. The first kappa shape index (κ1) is 19.7. The van der Waals surface area contributed by atoms with Crippen LogP contribution in [0.15, 0.2) is 53.6 Å². The first-order chi connectivity index (χ1) is 14.5. The number of nitrogens with one attached hydrogen (secondary N) is 1. The number of aryl methyl sites for hydroxylation is 1. The average Bonchev–Trinajstić information content (AvgIpc) is 3.43. The van der Waals surface area contributed by atoms with Gasteiger partial charge in [-0.2, -0.15) is 4.98 Å². The van der Waals surface area contributed by atoms with E-state index >= 15 is 0 Å². The second-order valence-corrected chi connectivity index (χ2v) is 6.77. The summed E-state index contributed by atoms with van der Waals surface area (Å²) in [6.45, 7) is 2.10. The van der Waals surface area contributed by atoms with Gasteiger partial charge in [0.25, 0.3) is 11.8 Å². The predicted octanol–water partition coefficient (Wildman–Crippen LogP) is 3.60. The van der Waals surface area contributed by atoms with Crippen LogP contribution in [0.1, 0.15) is 28.8 Å². The predicted molar refractivity (Wildman–Crippen MR) is 107 cm³/mol. The quantitative estimate of drug-likeness (QED) is 0.505. The van der Waals surface area contributed by atoms with Gasteiger partial charge in [0.2, 0.25) is 0 Å². The van der Waals surface area contributed by atoms with Gasteiger partial charge in [0, 0.05) is 30.4 Å². The first-order valence-electron chi connectivity index (χ1n) is 9.09. The number of benzene rings is 1. The van der Waals surface area contributed by atoms with E-state index in [4.69, 9.17) is 16.1 Å². The molecule has 3 heterocycles. The van der Waals surface area contributed by atoms with Crippen LogP contribution < -0.4 is 5.32 Å². The van der Waals surface area contributed by atoms with Crippen LogP contribution in [0.5, 0.6) is 0 Å². The first-order valence-corrected chi connectivity index (χ1v) is 9.47. The van der Waals surface area contributed by atoms with Crippen LogP contribution in [0.4, 0.5) is 4.39 Å². The van der Waals surface area contributed by atoms with Crippen molar-refractivity contribution < 1.29 is 13.7 Å². The lowest BCUT2D eigenvalue weighted by Crippen LogP contribution is -2.23. The second kappa shape index (κ2) is 8.42. The summed E-state index contributed by atoms with van der Waals surface area (Å²) in [6.07, 6.45) is 5.34. The molecule has 10 heteroatoms. The molecule has 0 aliphatic carbocycles. The van der Waals surface area contributed by atoms with Crippen molar-refractivity contribution >= 4 is 17.5 Å². The van der Waals surface area contributed by atoms with E-state index in [1.165, 1.54) is 24.5 Å². The van der Waals surface area contributed by atoms with Crippen LogP contribution in [0.3, 0.4) is 0 Å². The van der Waals surface area contributed by atoms with Crippen molar-refractivity contribution in [1.29, 1.82) is 0 Å². The van der Waals surface area contributed by atoms with E-state index in [9.17, 15) is 9.18 Å². The molecule has 3 aromatic heterocycles. The standard InChI is InChI=1S/C20H16ClFN6O2/c1-2-17-26-20(30-27-17)13-4-6-18(23-9-13)28-10-16(25-11-28)19(29)24-8-12-3-5-14(22)7-15(12)21/h3-7,9-11H,2,8H2,1H3,(H,24,29). The van der Waals surface area contributed by atoms with Crippen molar-refractivity contribution in [3.05, 3.63) is 77.0 Å². The summed E-state index contributed by atoms with van der Waals surface area (Å²) in [5.41, 5.74) is 1.51. The molecule has 0 spiro atoms. The molecule has 0 radical (unpaired) electrons. The molecule has 0 saturated heterocycles. The number of rotatable bonds is 6. The minimum atomic E-state index is -0.433. The SMILES string of the molecule is CCc1noc(-c2ccc(-n3cnc(C(=O)NCc4ccc(F)cc4Cl)c3)nc2)n1. The Bertz CT molecular complexity index is 1190. The highest BCUT2D eigenvalue weighted by Gasteiger charge is 2.13. The van der Waals surface area contributed by atoms with Crippen LogP contribution in [0.2, 0.25) is 5.02 Å². The van der Waals surface area contributed by atoms with Crippen molar-refractivity contribution in [1.82, 2.24) is 30.0 Å². The van der Waals surface area contributed by atoms with Gasteiger partial charge in [0.05, 0.1) is 5.56 Å². The van der Waals surface area contributed by atoms with E-state index in [1.807, 2.05) is 6.92 Å². The molecule has 1 amide bonds. The molecule has 0 atom stereocenters. The number of carbonyl (C=O) groups excluding carboxylic acids is 1. The zero-order valence-corrected chi connectivity index (χ0v) is 16.6. The second-order valence-electron chi connectivity index (χ2n) is 6.36. The van der Waals surface area contributed by atoms with E-state index in [1.54, 1.807) is 29.1 Å². The van der Waals surface area contributed by atoms with Crippen LogP contribution >= 0.6 is 11.6 Å². The highest BCUT2D eigenvalue weighted by atomic mass is 35.5. The molecule has 1 N–H and O–H groups in total. The molecule has 4 rings (SSSR count). The topological polar surface area (TPSA) is 98.7 Å². The number of nitrogens with zero attached hydrogens (tertiary/aromatic N) is 5. The number of pyridine rings is 1. The molecular weight excluding hydrogens is 411 g/mol. The van der Waals surface area contributed by atoms with E-state index in [0.29, 0.717) is 35.1 Å². The van der Waals surface area contributed by atoms with Gasteiger partial charge in [-0.1, -0.05) is 29.7 Å². The van der Waals surface area contributed by atoms with Gasteiger partial charge in [-0.25, -0.2) is 14.4 Å². The van der Waals surface area contributed by atoms with Gasteiger partial charge in [-0.05, 0) is 29.8 Å². The minimum Gasteiger partial charge on any atom is -0.347 e. The molecule has 0 aliphatic rings. The zero-order valence-electron chi connectivity index (χ0n) is 15.8. The number of aromatic nitrogens is 5. The van der Waals surface area contributed by atoms with E-state index < -0.39 is 5.82 Å². The van der Waals surface area contributed by atoms with Gasteiger partial charge in [-0.3, -0.25) is 9.36 Å². The Labute approximate surface area is 175 Å². The van der Waals surface area contributed by atoms with Gasteiger partial charge in [0.15, 0.2) is 5.82 Å². The van der Waals surface area contributed by atoms with Crippen LogP contribution in [-0.4, -0.2) is 30.6 Å². The molecule has 4 aromatic rings. The fourth-order valence-electron chi connectivity index (χ4n) is 2.68. The smallest absolute Gasteiger partial charge is 0.271 e. The van der Waals surface area contributed by atoms with E-state index in [-0.39, 0.29) is 23.2 Å². The van der Waals surface area contributed by atoms with Crippen LogP contribution in [0.25, 0.3) is 17.3 Å². The molecule has 0 fully saturated rings. The Kier molecular flexibility index (Phi) is 5.53. The maximum Gasteiger partial charge on any atom is 0.271 e. The van der Waals surface area contributed by atoms with Crippen molar-refractivity contribution in [2.75, 3.05) is 0 Å². The third-order valence-corrected chi connectivity index (χ3v) is 4.67. The molecular formula is C20H16ClFN6O2. The summed E-state index contributed by atoms with van der Waals surface area (Å²) in [4.78, 5) is 25.1. The number of amides is 1. The highest BCUT2D eigenvalue weighted by Crippen LogP contribution is 2.19. The molecule has 30 heavy (non-hydrogen) atoms. The van der Waals surface area contributed by atoms with E-state index in [2.05, 4.69) is 25.4 Å². The normalized spacial score (nSPS) is 10.9. The van der Waals surface area contributed by atoms with Gasteiger partial charge >= 0.3 is 0 Å². The van der Waals surface area contributed by atoms with Gasteiger partial charge in [0.1, 0.15) is 23.7 Å². The lowest BCUT2D eigenvalue weighted by atomic mass is 10.2. The lowest BCUT2D eigenvalue weighted by Gasteiger charge is -2.05. The number of hydrogen-bond acceptors (Lipinski definition) is 6. The van der Waals surface area contributed by atoms with Crippen LogP contribution in [-0.2, 0) is 13.0 Å². The summed E-state index contributed by atoms with van der Waals surface area (Å²) in [6, 6.07) is 7.56. The van der Waals surface area contributed by atoms with Gasteiger partial charge < -0.3 is 9.84 Å². The van der Waals surface area contributed by atoms with Crippen molar-refractivity contribution in [2.45, 2.75) is 19.9 Å². The monoisotopic (exact) mass is 426 g/mol. The average molecular weight is 427 g/mol. The third-order valence-electron chi connectivity index (χ3n) is 4.31. The summed E-state index contributed by atoms with van der Waals surface area (Å²) < 4.78 is 19.9. The lowest BCUT2D eigenvalue weighted by molar-refractivity contribution is 0.0946. The number of hydrogen-bond donors (Lipinski definition) is 1. The molecule has 0 bridgehead atoms. The maximum atomic E-state index is 13.1. The third kappa shape index (κ3) is 4.20. The van der Waals surface area contributed by atoms with Gasteiger partial charge in [-0.15, -0.1) is 0 Å². The molecule has 0 saturated carbocycles. The summed E-state index contributed by atoms with van der Waals surface area (Å²) in [5, 5.41) is 6.82. The Morgan fingerprint density at radius 3 is 2.83 bits per heavy atom. The Balaban J connectivity index is 1.43. The molecule has 152 valence electrons. The zero-order chi connectivity index (χ0) is 21.1. The molecule has 1 aromatic carbocycles. The Hall–Kier alpha value is -3.59. The van der Waals surface area contributed by atoms with E-state index in [0.717, 1.165) is 0 Å². The minimum absolute atomic E-state index is 0.154. The summed E-state index contributed by atoms with van der Waals surface area (Å²) in [5.74, 6) is 0.778. The molecule has 0 aliphatic heterocycles. The Morgan fingerprint density at radius 1 is 1.27 bits per heavy atom. The highest BCUT2D eigenvalue weighted by molar-refractivity contribution is 6.31. The largest absolute Gasteiger partial charge is 0.347 e. The number of halogens is 2.